The van der Waals surface area contributed by atoms with Crippen LogP contribution in [-0.2, 0) is 4.74 Å². The largest absolute Gasteiger partial charge is 0.372 e. The highest BCUT2D eigenvalue weighted by Crippen LogP contribution is 2.33. The molecule has 12 heavy (non-hydrogen) atoms. The highest BCUT2D eigenvalue weighted by molar-refractivity contribution is 5.45. The third-order valence-electron chi connectivity index (χ3n) is 2.63. The molecule has 3 heteroatoms. The molecule has 62 valence electrons. The average molecular weight is 162 g/mol. The fraction of sp³-hybridized carbons (Fsp3) is 0.444. The summed E-state index contributed by atoms with van der Waals surface area (Å²) in [6, 6.07) is 6.63. The van der Waals surface area contributed by atoms with Gasteiger partial charge in [0.05, 0.1) is 18.8 Å². The van der Waals surface area contributed by atoms with Crippen LogP contribution in [0.15, 0.2) is 24.4 Å². The zero-order valence-electron chi connectivity index (χ0n) is 6.68. The smallest absolute Gasteiger partial charge is 0.128 e. The van der Waals surface area contributed by atoms with E-state index in [0.717, 1.165) is 19.0 Å². The quantitative estimate of drug-likeness (QED) is 0.607. The van der Waals surface area contributed by atoms with Crippen molar-refractivity contribution in [2.24, 2.45) is 0 Å². The molecule has 3 rings (SSSR count). The van der Waals surface area contributed by atoms with E-state index in [9.17, 15) is 0 Å². The van der Waals surface area contributed by atoms with Crippen molar-refractivity contribution < 1.29 is 4.74 Å². The molecule has 0 saturated carbocycles. The summed E-state index contributed by atoms with van der Waals surface area (Å²) in [5.74, 6) is 1.09. The van der Waals surface area contributed by atoms with Gasteiger partial charge in [-0.2, -0.15) is 0 Å². The molecule has 2 aliphatic heterocycles. The lowest BCUT2D eigenvalue weighted by molar-refractivity contribution is -0.113. The predicted molar refractivity (Wildman–Crippen MR) is 45.1 cm³/mol. The van der Waals surface area contributed by atoms with Crippen LogP contribution in [0, 0.1) is 0 Å². The summed E-state index contributed by atoms with van der Waals surface area (Å²) < 4.78 is 5.31. The SMILES string of the molecule is c1ccc(N2CC3OC[C@@H]32)nc1. The van der Waals surface area contributed by atoms with Crippen molar-refractivity contribution in [2.75, 3.05) is 18.1 Å². The van der Waals surface area contributed by atoms with Gasteiger partial charge in [-0.3, -0.25) is 0 Å². The third-order valence-corrected chi connectivity index (χ3v) is 2.63. The summed E-state index contributed by atoms with van der Waals surface area (Å²) in [7, 11) is 0. The van der Waals surface area contributed by atoms with Gasteiger partial charge in [-0.1, -0.05) is 6.07 Å². The first kappa shape index (κ1) is 6.43. The van der Waals surface area contributed by atoms with E-state index in [2.05, 4.69) is 16.0 Å². The van der Waals surface area contributed by atoms with E-state index in [-0.39, 0.29) is 0 Å². The van der Waals surface area contributed by atoms with E-state index in [1.165, 1.54) is 0 Å². The lowest BCUT2D eigenvalue weighted by atomic mass is 9.95. The van der Waals surface area contributed by atoms with E-state index < -0.39 is 0 Å². The van der Waals surface area contributed by atoms with Crippen LogP contribution in [0.25, 0.3) is 0 Å². The Morgan fingerprint density at radius 1 is 1.50 bits per heavy atom. The normalized spacial score (nSPS) is 31.8. The van der Waals surface area contributed by atoms with Crippen LogP contribution in [0.5, 0.6) is 0 Å². The summed E-state index contributed by atoms with van der Waals surface area (Å²) in [6.45, 7) is 1.89. The van der Waals surface area contributed by atoms with Gasteiger partial charge in [-0.15, -0.1) is 0 Å². The number of aromatic nitrogens is 1. The number of anilines is 1. The molecule has 1 aromatic rings. The van der Waals surface area contributed by atoms with Gasteiger partial charge in [-0.25, -0.2) is 4.98 Å². The van der Waals surface area contributed by atoms with Gasteiger partial charge in [0.25, 0.3) is 0 Å². The van der Waals surface area contributed by atoms with Gasteiger partial charge in [0.2, 0.25) is 0 Å². The standard InChI is InChI=1S/C9H10N2O/c1-2-4-10-9(3-1)11-5-8-7(11)6-12-8/h1-4,7-8H,5-6H2/t7-,8?/m0/s1. The average Bonchev–Trinajstić information content (AvgIpc) is 2.11. The number of hydrogen-bond donors (Lipinski definition) is 0. The first-order chi connectivity index (χ1) is 5.95. The van der Waals surface area contributed by atoms with Crippen molar-refractivity contribution in [1.82, 2.24) is 4.98 Å². The Labute approximate surface area is 71.0 Å². The molecular weight excluding hydrogens is 152 g/mol. The maximum atomic E-state index is 5.31. The van der Waals surface area contributed by atoms with Crippen LogP contribution in [0.4, 0.5) is 5.82 Å². The Balaban J connectivity index is 1.82. The van der Waals surface area contributed by atoms with Crippen molar-refractivity contribution >= 4 is 5.82 Å². The summed E-state index contributed by atoms with van der Waals surface area (Å²) in [6.07, 6.45) is 2.33. The van der Waals surface area contributed by atoms with E-state index >= 15 is 0 Å². The van der Waals surface area contributed by atoms with Crippen LogP contribution < -0.4 is 4.90 Å². The van der Waals surface area contributed by atoms with Crippen LogP contribution in [0.2, 0.25) is 0 Å². The first-order valence-electron chi connectivity index (χ1n) is 4.24. The molecule has 0 bridgehead atoms. The molecule has 0 N–H and O–H groups in total. The van der Waals surface area contributed by atoms with Crippen molar-refractivity contribution in [3.8, 4) is 0 Å². The molecule has 1 aromatic heterocycles. The first-order valence-corrected chi connectivity index (χ1v) is 4.24. The highest BCUT2D eigenvalue weighted by Gasteiger charge is 2.47. The molecular formula is C9H10N2O. The minimum absolute atomic E-state index is 0.493. The Morgan fingerprint density at radius 2 is 2.50 bits per heavy atom. The van der Waals surface area contributed by atoms with Crippen molar-refractivity contribution in [2.45, 2.75) is 12.1 Å². The van der Waals surface area contributed by atoms with Gasteiger partial charge in [0.1, 0.15) is 5.82 Å². The molecule has 1 unspecified atom stereocenters. The summed E-state index contributed by atoms with van der Waals surface area (Å²) >= 11 is 0. The van der Waals surface area contributed by atoms with E-state index in [1.807, 2.05) is 18.3 Å². The molecule has 0 amide bonds. The molecule has 3 heterocycles. The summed E-state index contributed by atoms with van der Waals surface area (Å²) in [4.78, 5) is 6.59. The minimum atomic E-state index is 0.493. The lowest BCUT2D eigenvalue weighted by Crippen LogP contribution is -2.71. The number of nitrogens with zero attached hydrogens (tertiary/aromatic N) is 2. The topological polar surface area (TPSA) is 25.4 Å². The zero-order valence-corrected chi connectivity index (χ0v) is 6.68. The Bertz CT molecular complexity index is 288. The van der Waals surface area contributed by atoms with Gasteiger partial charge in [0, 0.05) is 12.7 Å². The van der Waals surface area contributed by atoms with Crippen molar-refractivity contribution in [3.63, 3.8) is 0 Å². The molecule has 2 atom stereocenters. The van der Waals surface area contributed by atoms with Crippen LogP contribution in [-0.4, -0.2) is 30.3 Å². The van der Waals surface area contributed by atoms with Gasteiger partial charge < -0.3 is 9.64 Å². The Kier molecular flexibility index (Phi) is 1.18. The molecule has 3 nitrogen and oxygen atoms in total. The summed E-state index contributed by atoms with van der Waals surface area (Å²) in [5, 5.41) is 0. The molecule has 2 saturated heterocycles. The minimum Gasteiger partial charge on any atom is -0.372 e. The van der Waals surface area contributed by atoms with Crippen LogP contribution in [0.3, 0.4) is 0 Å². The monoisotopic (exact) mass is 162 g/mol. The van der Waals surface area contributed by atoms with E-state index in [0.29, 0.717) is 12.1 Å². The Morgan fingerprint density at radius 3 is 3.00 bits per heavy atom. The van der Waals surface area contributed by atoms with Crippen LogP contribution in [0.1, 0.15) is 0 Å². The highest BCUT2D eigenvalue weighted by atomic mass is 16.5. The van der Waals surface area contributed by atoms with Gasteiger partial charge >= 0.3 is 0 Å². The number of ether oxygens (including phenoxy) is 1. The molecule has 0 radical (unpaired) electrons. The number of morpholine rings is 1. The third kappa shape index (κ3) is 0.716. The molecule has 0 aromatic carbocycles. The second kappa shape index (κ2) is 2.20. The van der Waals surface area contributed by atoms with Crippen molar-refractivity contribution in [1.29, 1.82) is 0 Å². The second-order valence-electron chi connectivity index (χ2n) is 3.28. The second-order valence-corrected chi connectivity index (χ2v) is 3.28. The number of pyridine rings is 1. The Hall–Kier alpha value is -1.09. The number of fused-ring (bicyclic) bond motifs is 1. The van der Waals surface area contributed by atoms with Crippen molar-refractivity contribution in [3.05, 3.63) is 24.4 Å². The maximum absolute atomic E-state index is 5.31. The number of hydrogen-bond acceptors (Lipinski definition) is 3. The molecule has 0 aliphatic carbocycles. The van der Waals surface area contributed by atoms with E-state index in [4.69, 9.17) is 4.74 Å². The van der Waals surface area contributed by atoms with Gasteiger partial charge in [0.15, 0.2) is 0 Å². The molecule has 2 aliphatic rings. The fourth-order valence-electron chi connectivity index (χ4n) is 1.76. The van der Waals surface area contributed by atoms with Gasteiger partial charge in [-0.05, 0) is 12.1 Å². The van der Waals surface area contributed by atoms with E-state index in [1.54, 1.807) is 0 Å². The molecule has 2 fully saturated rings. The lowest BCUT2D eigenvalue weighted by Gasteiger charge is -2.55. The fourth-order valence-corrected chi connectivity index (χ4v) is 1.76. The maximum Gasteiger partial charge on any atom is 0.128 e. The molecule has 0 spiro atoms. The zero-order chi connectivity index (χ0) is 7.97. The predicted octanol–water partition coefficient (Wildman–Crippen LogP) is 0.669. The number of rotatable bonds is 1. The van der Waals surface area contributed by atoms with Crippen LogP contribution >= 0.6 is 0 Å². The summed E-state index contributed by atoms with van der Waals surface area (Å²) in [5.41, 5.74) is 0.